The lowest BCUT2D eigenvalue weighted by Crippen LogP contribution is -2.49. The summed E-state index contributed by atoms with van der Waals surface area (Å²) >= 11 is 0. The highest BCUT2D eigenvalue weighted by Gasteiger charge is 2.30. The zero-order valence-corrected chi connectivity index (χ0v) is 20.6. The number of hydrogen-bond acceptors (Lipinski definition) is 5. The van der Waals surface area contributed by atoms with Crippen molar-refractivity contribution in [1.82, 2.24) is 29.5 Å². The summed E-state index contributed by atoms with van der Waals surface area (Å²) in [7, 11) is 2.09. The Morgan fingerprint density at radius 2 is 1.76 bits per heavy atom. The Balaban J connectivity index is 0.00000320. The second kappa shape index (κ2) is 10.4. The van der Waals surface area contributed by atoms with Crippen LogP contribution >= 0.6 is 0 Å². The molecule has 0 spiro atoms. The fourth-order valence-corrected chi connectivity index (χ4v) is 5.37. The number of pyridine rings is 1. The topological polar surface area (TPSA) is 77.5 Å². The molecular weight excluding hydrogens is 485 g/mol. The molecule has 1 N–H and O–H groups in total. The number of amides is 1. The summed E-state index contributed by atoms with van der Waals surface area (Å²) in [5.74, 6) is -0.144. The Hall–Kier alpha value is -2.92. The van der Waals surface area contributed by atoms with Gasteiger partial charge < -0.3 is 14.8 Å². The highest BCUT2D eigenvalue weighted by molar-refractivity contribution is 6.07. The fourth-order valence-electron chi connectivity index (χ4n) is 5.37. The Kier molecular flexibility index (Phi) is 7.66. The third-order valence-corrected chi connectivity index (χ3v) is 7.54. The molecule has 1 amide bonds. The molecule has 2 aliphatic heterocycles. The van der Waals surface area contributed by atoms with Crippen LogP contribution in [-0.4, -0.2) is 94.4 Å². The Morgan fingerprint density at radius 1 is 1.08 bits per heavy atom. The number of rotatable bonds is 4. The largest absolute Gasteiger partial charge is 0.390 e. The average Bonchev–Trinajstić information content (AvgIpc) is 3.28. The van der Waals surface area contributed by atoms with E-state index in [9.17, 15) is 22.8 Å². The Labute approximate surface area is 214 Å². The SMILES string of the molecule is C.Cc1cc2[nH]c(=O)c3cnn(C4CCN(C)CC4)c3c2cc1C(=O)N1CCN(CCC(F)(F)F)CC1. The maximum Gasteiger partial charge on any atom is 0.390 e. The number of alkyl halides is 3. The van der Waals surface area contributed by atoms with Gasteiger partial charge in [0.1, 0.15) is 0 Å². The summed E-state index contributed by atoms with van der Waals surface area (Å²) in [5, 5.41) is 5.86. The standard InChI is InChI=1S/C25H31F3N6O2.CH4/c1-16-13-21-19(14-18(16)24(36)33-11-9-32(10-12-33)8-5-25(26,27)28)22-20(23(35)30-21)15-29-34(22)17-3-6-31(2)7-4-17;/h13-15,17H,3-12H2,1-2H3,(H,30,35);1H4. The molecule has 0 unspecified atom stereocenters. The number of piperazine rings is 1. The van der Waals surface area contributed by atoms with Crippen molar-refractivity contribution in [3.8, 4) is 0 Å². The first-order valence-electron chi connectivity index (χ1n) is 12.4. The number of piperidine rings is 1. The molecule has 4 heterocycles. The van der Waals surface area contributed by atoms with Crippen LogP contribution in [0.4, 0.5) is 13.2 Å². The van der Waals surface area contributed by atoms with E-state index in [4.69, 9.17) is 0 Å². The number of fused-ring (bicyclic) bond motifs is 3. The molecule has 0 atom stereocenters. The molecule has 2 aromatic heterocycles. The number of carbonyl (C=O) groups excluding carboxylic acids is 1. The van der Waals surface area contributed by atoms with Gasteiger partial charge in [-0.3, -0.25) is 19.2 Å². The Bertz CT molecular complexity index is 1330. The van der Waals surface area contributed by atoms with Gasteiger partial charge in [-0.1, -0.05) is 7.43 Å². The highest BCUT2D eigenvalue weighted by Crippen LogP contribution is 2.30. The van der Waals surface area contributed by atoms with Crippen LogP contribution in [0.2, 0.25) is 0 Å². The number of carbonyl (C=O) groups is 1. The first-order chi connectivity index (χ1) is 17.1. The van der Waals surface area contributed by atoms with Crippen molar-refractivity contribution < 1.29 is 18.0 Å². The van der Waals surface area contributed by atoms with E-state index in [1.807, 2.05) is 23.7 Å². The number of aromatic amines is 1. The molecule has 0 saturated carbocycles. The van der Waals surface area contributed by atoms with Gasteiger partial charge >= 0.3 is 6.18 Å². The second-order valence-corrected chi connectivity index (χ2v) is 10.1. The average molecular weight is 521 g/mol. The second-order valence-electron chi connectivity index (χ2n) is 10.1. The van der Waals surface area contributed by atoms with E-state index in [1.54, 1.807) is 16.0 Å². The number of likely N-dealkylation sites (tertiary alicyclic amines) is 1. The quantitative estimate of drug-likeness (QED) is 0.566. The highest BCUT2D eigenvalue weighted by atomic mass is 19.4. The molecule has 0 radical (unpaired) electrons. The molecule has 2 saturated heterocycles. The van der Waals surface area contributed by atoms with Crippen molar-refractivity contribution >= 4 is 27.7 Å². The number of aryl methyl sites for hydroxylation is 1. The van der Waals surface area contributed by atoms with E-state index in [0.29, 0.717) is 42.6 Å². The van der Waals surface area contributed by atoms with Crippen molar-refractivity contribution in [2.45, 2.75) is 45.8 Å². The molecule has 202 valence electrons. The van der Waals surface area contributed by atoms with E-state index in [1.165, 1.54) is 0 Å². The van der Waals surface area contributed by atoms with Gasteiger partial charge in [0.2, 0.25) is 0 Å². The van der Waals surface area contributed by atoms with Crippen LogP contribution < -0.4 is 5.56 Å². The third kappa shape index (κ3) is 5.52. The minimum Gasteiger partial charge on any atom is -0.336 e. The van der Waals surface area contributed by atoms with Crippen molar-refractivity contribution in [3.63, 3.8) is 0 Å². The Morgan fingerprint density at radius 3 is 2.41 bits per heavy atom. The van der Waals surface area contributed by atoms with Crippen LogP contribution in [0.15, 0.2) is 23.1 Å². The normalized spacial score (nSPS) is 18.5. The van der Waals surface area contributed by atoms with Crippen molar-refractivity contribution in [1.29, 1.82) is 0 Å². The molecule has 5 rings (SSSR count). The van der Waals surface area contributed by atoms with Gasteiger partial charge in [0, 0.05) is 43.7 Å². The molecular formula is C26H35F3N6O2. The molecule has 11 heteroatoms. The number of aromatic nitrogens is 3. The van der Waals surface area contributed by atoms with Gasteiger partial charge in [0.15, 0.2) is 0 Å². The molecule has 0 aliphatic carbocycles. The monoisotopic (exact) mass is 520 g/mol. The molecule has 8 nitrogen and oxygen atoms in total. The van der Waals surface area contributed by atoms with Crippen molar-refractivity contribution in [3.05, 3.63) is 39.8 Å². The number of halogens is 3. The minimum absolute atomic E-state index is 0. The fraction of sp³-hybridized carbons (Fsp3) is 0.577. The van der Waals surface area contributed by atoms with Crippen LogP contribution in [0.25, 0.3) is 21.8 Å². The predicted octanol–water partition coefficient (Wildman–Crippen LogP) is 3.80. The number of nitrogens with one attached hydrogen (secondary N) is 1. The van der Waals surface area contributed by atoms with E-state index in [0.717, 1.165) is 42.4 Å². The predicted molar refractivity (Wildman–Crippen MR) is 138 cm³/mol. The molecule has 2 fully saturated rings. The summed E-state index contributed by atoms with van der Waals surface area (Å²) < 4.78 is 39.6. The maximum absolute atomic E-state index is 13.5. The van der Waals surface area contributed by atoms with Crippen molar-refractivity contribution in [2.24, 2.45) is 0 Å². The zero-order valence-electron chi connectivity index (χ0n) is 20.6. The number of H-pyrrole nitrogens is 1. The number of hydrogen-bond donors (Lipinski definition) is 1. The van der Waals surface area contributed by atoms with Crippen LogP contribution in [0.1, 0.15) is 48.7 Å². The summed E-state index contributed by atoms with van der Waals surface area (Å²) in [5.41, 5.74) is 2.48. The van der Waals surface area contributed by atoms with Gasteiger partial charge in [-0.15, -0.1) is 0 Å². The van der Waals surface area contributed by atoms with Gasteiger partial charge in [0.25, 0.3) is 11.5 Å². The van der Waals surface area contributed by atoms with E-state index < -0.39 is 12.6 Å². The first-order valence-corrected chi connectivity index (χ1v) is 12.4. The lowest BCUT2D eigenvalue weighted by atomic mass is 10.0. The van der Waals surface area contributed by atoms with Crippen LogP contribution in [-0.2, 0) is 0 Å². The molecule has 1 aromatic carbocycles. The summed E-state index contributed by atoms with van der Waals surface area (Å²) in [6.07, 6.45) is -1.56. The maximum atomic E-state index is 13.5. The van der Waals surface area contributed by atoms with Crippen LogP contribution in [0, 0.1) is 6.92 Å². The van der Waals surface area contributed by atoms with E-state index in [-0.39, 0.29) is 31.5 Å². The molecule has 0 bridgehead atoms. The van der Waals surface area contributed by atoms with Crippen molar-refractivity contribution in [2.75, 3.05) is 52.9 Å². The third-order valence-electron chi connectivity index (χ3n) is 7.54. The number of benzene rings is 1. The smallest absolute Gasteiger partial charge is 0.336 e. The minimum atomic E-state index is -4.18. The summed E-state index contributed by atoms with van der Waals surface area (Å²) in [4.78, 5) is 34.9. The summed E-state index contributed by atoms with van der Waals surface area (Å²) in [6.45, 7) is 5.26. The van der Waals surface area contributed by atoms with Gasteiger partial charge in [-0.2, -0.15) is 18.3 Å². The zero-order chi connectivity index (χ0) is 25.6. The van der Waals surface area contributed by atoms with Gasteiger partial charge in [-0.25, -0.2) is 0 Å². The van der Waals surface area contributed by atoms with Gasteiger partial charge in [-0.05, 0) is 57.6 Å². The van der Waals surface area contributed by atoms with E-state index >= 15 is 0 Å². The van der Waals surface area contributed by atoms with Crippen LogP contribution in [0.5, 0.6) is 0 Å². The number of nitrogens with zero attached hydrogens (tertiary/aromatic N) is 5. The lowest BCUT2D eigenvalue weighted by Gasteiger charge is -2.35. The molecule has 37 heavy (non-hydrogen) atoms. The first kappa shape index (κ1) is 27.1. The van der Waals surface area contributed by atoms with Crippen LogP contribution in [0.3, 0.4) is 0 Å². The van der Waals surface area contributed by atoms with E-state index in [2.05, 4.69) is 22.0 Å². The molecule has 3 aromatic rings. The lowest BCUT2D eigenvalue weighted by molar-refractivity contribution is -0.138. The van der Waals surface area contributed by atoms with Gasteiger partial charge in [0.05, 0.1) is 35.1 Å². The summed E-state index contributed by atoms with van der Waals surface area (Å²) in [6, 6.07) is 3.84. The molecule has 2 aliphatic rings.